The van der Waals surface area contributed by atoms with E-state index in [2.05, 4.69) is 17.1 Å². The Kier molecular flexibility index (Phi) is 9.65. The Balaban J connectivity index is -0.0000000800. The summed E-state index contributed by atoms with van der Waals surface area (Å²) in [6.45, 7) is 1.28. The molecule has 6 heavy (non-hydrogen) atoms. The second-order valence-corrected chi connectivity index (χ2v) is 0.765. The van der Waals surface area contributed by atoms with Gasteiger partial charge in [-0.3, -0.25) is 4.79 Å². The summed E-state index contributed by atoms with van der Waals surface area (Å²) in [7, 11) is 0. The molecule has 0 atom stereocenters. The molecule has 0 rings (SSSR count). The van der Waals surface area contributed by atoms with Crippen molar-refractivity contribution in [1.29, 1.82) is 0 Å². The van der Waals surface area contributed by atoms with Crippen LogP contribution in [0, 0.1) is 0 Å². The topological polar surface area (TPSA) is 26.3 Å². The number of carbonyl (C=O) groups is 1. The Bertz CT molecular complexity index is 51.0. The zero-order chi connectivity index (χ0) is 4.28. The molecular formula is C2H5NaO2S. The molecule has 0 amide bonds. The summed E-state index contributed by atoms with van der Waals surface area (Å²) in [6, 6.07) is 0. The zero-order valence-electron chi connectivity index (χ0n) is 4.76. The fourth-order valence-electron chi connectivity index (χ4n) is 0. The van der Waals surface area contributed by atoms with Crippen LogP contribution in [0.5, 0.6) is 0 Å². The van der Waals surface area contributed by atoms with Crippen LogP contribution in [0.4, 0.5) is 0 Å². The average molecular weight is 116 g/mol. The van der Waals surface area contributed by atoms with E-state index in [1.54, 1.807) is 0 Å². The molecule has 0 aliphatic carbocycles. The zero-order valence-corrected chi connectivity index (χ0v) is 6.66. The van der Waals surface area contributed by atoms with Crippen LogP contribution in [0.1, 0.15) is 8.35 Å². The van der Waals surface area contributed by atoms with Gasteiger partial charge in [0.2, 0.25) is 0 Å². The van der Waals surface area contributed by atoms with Crippen molar-refractivity contribution in [1.82, 2.24) is 0 Å². The van der Waals surface area contributed by atoms with Gasteiger partial charge in [0.15, 0.2) is 0 Å². The summed E-state index contributed by atoms with van der Waals surface area (Å²) in [6.07, 6.45) is 0. The Morgan fingerprint density at radius 2 is 2.17 bits per heavy atom. The van der Waals surface area contributed by atoms with E-state index in [1.165, 1.54) is 6.92 Å². The molecule has 0 N–H and O–H groups in total. The number of thiol groups is 1. The van der Waals surface area contributed by atoms with E-state index >= 15 is 0 Å². The van der Waals surface area contributed by atoms with Gasteiger partial charge in [0.25, 0.3) is 0 Å². The maximum atomic E-state index is 9.51. The maximum absolute atomic E-state index is 9.51. The van der Waals surface area contributed by atoms with Gasteiger partial charge in [-0.05, 0) is 0 Å². The summed E-state index contributed by atoms with van der Waals surface area (Å²) < 4.78 is 3.81. The molecule has 0 aliphatic rings. The minimum absolute atomic E-state index is 0. The molecule has 0 fully saturated rings. The van der Waals surface area contributed by atoms with Crippen LogP contribution in [-0.4, -0.2) is 5.97 Å². The van der Waals surface area contributed by atoms with E-state index in [0.717, 1.165) is 0 Å². The minimum Gasteiger partial charge on any atom is -1.00 e. The van der Waals surface area contributed by atoms with Crippen LogP contribution in [0.15, 0.2) is 0 Å². The van der Waals surface area contributed by atoms with Gasteiger partial charge in [0, 0.05) is 19.8 Å². The van der Waals surface area contributed by atoms with Gasteiger partial charge in [-0.25, -0.2) is 0 Å². The first-order valence-electron chi connectivity index (χ1n) is 1.09. The molecule has 0 unspecified atom stereocenters. The SMILES string of the molecule is CC(=O)OS.[H-].[Na+]. The standard InChI is InChI=1S/C2H4O2S.Na.H/c1-2(3)4-5;;/h5H,1H3;;/q;+1;-1. The number of rotatable bonds is 0. The number of carbonyl (C=O) groups excluding carboxylic acids is 1. The summed E-state index contributed by atoms with van der Waals surface area (Å²) in [5.74, 6) is -0.381. The van der Waals surface area contributed by atoms with Gasteiger partial charge < -0.3 is 5.61 Å². The van der Waals surface area contributed by atoms with E-state index in [4.69, 9.17) is 0 Å². The van der Waals surface area contributed by atoms with E-state index in [9.17, 15) is 4.79 Å². The van der Waals surface area contributed by atoms with Crippen LogP contribution < -0.4 is 29.6 Å². The van der Waals surface area contributed by atoms with E-state index in [-0.39, 0.29) is 37.0 Å². The van der Waals surface area contributed by atoms with Crippen molar-refractivity contribution in [2.24, 2.45) is 0 Å². The Morgan fingerprint density at radius 3 is 2.17 bits per heavy atom. The number of hydrogen-bond donors (Lipinski definition) is 1. The molecule has 0 heterocycles. The molecule has 32 valence electrons. The van der Waals surface area contributed by atoms with Gasteiger partial charge in [-0.15, -0.1) is 0 Å². The fourth-order valence-corrected chi connectivity index (χ4v) is 0. The molecule has 0 bridgehead atoms. The Morgan fingerprint density at radius 1 is 2.00 bits per heavy atom. The van der Waals surface area contributed by atoms with E-state index in [0.29, 0.717) is 0 Å². The molecule has 2 nitrogen and oxygen atoms in total. The summed E-state index contributed by atoms with van der Waals surface area (Å²) >= 11 is 3.17. The smallest absolute Gasteiger partial charge is 1.00 e. The minimum atomic E-state index is -0.381. The van der Waals surface area contributed by atoms with E-state index in [1.807, 2.05) is 0 Å². The van der Waals surface area contributed by atoms with Gasteiger partial charge in [-0.1, -0.05) is 0 Å². The van der Waals surface area contributed by atoms with Crippen LogP contribution in [0.2, 0.25) is 0 Å². The summed E-state index contributed by atoms with van der Waals surface area (Å²) in [5.41, 5.74) is 0. The first-order chi connectivity index (χ1) is 2.27. The van der Waals surface area contributed by atoms with Gasteiger partial charge in [-0.2, -0.15) is 0 Å². The van der Waals surface area contributed by atoms with Crippen molar-refractivity contribution in [3.63, 3.8) is 0 Å². The molecule has 0 aromatic heterocycles. The first-order valence-corrected chi connectivity index (χ1v) is 1.46. The molecule has 0 saturated carbocycles. The molecule has 0 spiro atoms. The molecule has 0 radical (unpaired) electrons. The molecule has 0 aromatic rings. The molecule has 0 saturated heterocycles. The van der Waals surface area contributed by atoms with Crippen LogP contribution in [0.25, 0.3) is 0 Å². The second-order valence-electron chi connectivity index (χ2n) is 0.583. The largest absolute Gasteiger partial charge is 1.00 e. The maximum Gasteiger partial charge on any atom is 1.00 e. The third-order valence-electron chi connectivity index (χ3n) is 0.129. The second kappa shape index (κ2) is 5.82. The predicted molar refractivity (Wildman–Crippen MR) is 21.9 cm³/mol. The summed E-state index contributed by atoms with van der Waals surface area (Å²) in [5, 5.41) is 0. The quantitative estimate of drug-likeness (QED) is 0.215. The third kappa shape index (κ3) is 8.84. The van der Waals surface area contributed by atoms with Crippen molar-refractivity contribution in [2.75, 3.05) is 0 Å². The average Bonchev–Trinajstić information content (AvgIpc) is 1.38. The van der Waals surface area contributed by atoms with Crippen molar-refractivity contribution in [3.8, 4) is 0 Å². The normalized spacial score (nSPS) is 5.67. The van der Waals surface area contributed by atoms with Crippen molar-refractivity contribution < 1.29 is 40.0 Å². The van der Waals surface area contributed by atoms with Crippen molar-refractivity contribution >= 4 is 18.9 Å². The molecule has 0 aromatic carbocycles. The number of hydrogen-bond acceptors (Lipinski definition) is 3. The van der Waals surface area contributed by atoms with Gasteiger partial charge in [0.05, 0.1) is 0 Å². The fraction of sp³-hybridized carbons (Fsp3) is 0.500. The Hall–Kier alpha value is 0.820. The van der Waals surface area contributed by atoms with Gasteiger partial charge >= 0.3 is 35.5 Å². The molecule has 4 heteroatoms. The van der Waals surface area contributed by atoms with Crippen LogP contribution >= 0.6 is 12.9 Å². The van der Waals surface area contributed by atoms with Crippen molar-refractivity contribution in [2.45, 2.75) is 6.92 Å². The Labute approximate surface area is 65.6 Å². The first kappa shape index (κ1) is 9.94. The monoisotopic (exact) mass is 116 g/mol. The third-order valence-corrected chi connectivity index (χ3v) is 0.386. The predicted octanol–water partition coefficient (Wildman–Crippen LogP) is -2.49. The molecule has 0 aliphatic heterocycles. The summed E-state index contributed by atoms with van der Waals surface area (Å²) in [4.78, 5) is 9.51. The van der Waals surface area contributed by atoms with Crippen LogP contribution in [0.3, 0.4) is 0 Å². The van der Waals surface area contributed by atoms with Crippen molar-refractivity contribution in [3.05, 3.63) is 0 Å². The molecular weight excluding hydrogens is 111 g/mol. The van der Waals surface area contributed by atoms with E-state index < -0.39 is 0 Å². The van der Waals surface area contributed by atoms with Gasteiger partial charge in [0.1, 0.15) is 0 Å². The van der Waals surface area contributed by atoms with Crippen LogP contribution in [-0.2, 0) is 8.98 Å².